The Bertz CT molecular complexity index is 681. The van der Waals surface area contributed by atoms with Gasteiger partial charge in [-0.3, -0.25) is 9.36 Å². The Balaban J connectivity index is 2.45. The van der Waals surface area contributed by atoms with Gasteiger partial charge in [0.2, 0.25) is 9.84 Å². The minimum absolute atomic E-state index is 0.119. The monoisotopic (exact) mass is 360 g/mol. The highest BCUT2D eigenvalue weighted by molar-refractivity contribution is 7.92. The first-order valence-electron chi connectivity index (χ1n) is 7.94. The van der Waals surface area contributed by atoms with Gasteiger partial charge in [-0.15, -0.1) is 10.2 Å². The molecule has 0 aliphatic carbocycles. The first kappa shape index (κ1) is 18.8. The molecule has 9 nitrogen and oxygen atoms in total. The van der Waals surface area contributed by atoms with Crippen LogP contribution in [-0.4, -0.2) is 54.2 Å². The summed E-state index contributed by atoms with van der Waals surface area (Å²) in [6.07, 6.45) is 2.20. The highest BCUT2D eigenvalue weighted by Gasteiger charge is 2.37. The molecule has 24 heavy (non-hydrogen) atoms. The van der Waals surface area contributed by atoms with E-state index in [0.717, 1.165) is 20.0 Å². The van der Waals surface area contributed by atoms with Gasteiger partial charge in [0.15, 0.2) is 11.1 Å². The molecule has 2 N–H and O–H groups in total. The van der Waals surface area contributed by atoms with E-state index in [4.69, 9.17) is 10.5 Å². The average molecular weight is 360 g/mol. The lowest BCUT2D eigenvalue weighted by molar-refractivity contribution is -0.139. The number of rotatable bonds is 7. The lowest BCUT2D eigenvalue weighted by Crippen LogP contribution is -2.32. The summed E-state index contributed by atoms with van der Waals surface area (Å²) >= 11 is 0. The summed E-state index contributed by atoms with van der Waals surface area (Å²) in [4.78, 5) is 11.7. The number of carbonyl (C=O) groups excluding carboxylic acids is 1. The van der Waals surface area contributed by atoms with Crippen molar-refractivity contribution in [2.75, 3.05) is 13.7 Å². The van der Waals surface area contributed by atoms with Crippen LogP contribution >= 0.6 is 0 Å². The molecule has 3 unspecified atom stereocenters. The largest absolute Gasteiger partial charge is 0.468 e. The molecule has 136 valence electrons. The Morgan fingerprint density at radius 2 is 2.21 bits per heavy atom. The van der Waals surface area contributed by atoms with E-state index in [0.29, 0.717) is 25.4 Å². The molecular weight excluding hydrogens is 336 g/mol. The van der Waals surface area contributed by atoms with Crippen LogP contribution in [0.5, 0.6) is 0 Å². The van der Waals surface area contributed by atoms with Crippen LogP contribution in [0.25, 0.3) is 0 Å². The van der Waals surface area contributed by atoms with Gasteiger partial charge >= 0.3 is 5.97 Å². The molecule has 1 aliphatic rings. The van der Waals surface area contributed by atoms with Crippen LogP contribution in [0.1, 0.15) is 45.0 Å². The highest BCUT2D eigenvalue weighted by Crippen LogP contribution is 2.23. The van der Waals surface area contributed by atoms with Gasteiger partial charge in [0.1, 0.15) is 0 Å². The fourth-order valence-corrected chi connectivity index (χ4v) is 3.88. The van der Waals surface area contributed by atoms with Crippen LogP contribution in [0.3, 0.4) is 0 Å². The average Bonchev–Trinajstić information content (AvgIpc) is 3.23. The molecule has 1 fully saturated rings. The van der Waals surface area contributed by atoms with Crippen molar-refractivity contribution in [3.63, 3.8) is 0 Å². The molecule has 1 aromatic heterocycles. The summed E-state index contributed by atoms with van der Waals surface area (Å²) in [6, 6.07) is -0.448. The highest BCUT2D eigenvalue weighted by atomic mass is 32.2. The van der Waals surface area contributed by atoms with E-state index < -0.39 is 27.1 Å². The maximum absolute atomic E-state index is 12.7. The molecule has 3 atom stereocenters. The van der Waals surface area contributed by atoms with Crippen molar-refractivity contribution in [2.45, 2.75) is 62.2 Å². The number of aromatic nitrogens is 3. The first-order chi connectivity index (χ1) is 11.3. The molecule has 1 aromatic rings. The van der Waals surface area contributed by atoms with E-state index in [1.807, 2.05) is 6.92 Å². The number of esters is 1. The van der Waals surface area contributed by atoms with E-state index in [9.17, 15) is 13.2 Å². The standard InChI is InChI=1S/C14H24N4O5S/c1-4-11(15)12-16-17-14(18(12)8-10-6-5-7-23-10)24(20,21)9(2)13(19)22-3/h9-11H,4-8,15H2,1-3H3. The van der Waals surface area contributed by atoms with E-state index >= 15 is 0 Å². The second-order valence-corrected chi connectivity index (χ2v) is 7.97. The van der Waals surface area contributed by atoms with Crippen molar-refractivity contribution >= 4 is 15.8 Å². The third-order valence-corrected chi connectivity index (χ3v) is 6.11. The van der Waals surface area contributed by atoms with Gasteiger partial charge in [0.05, 0.1) is 25.8 Å². The van der Waals surface area contributed by atoms with Gasteiger partial charge in [-0.2, -0.15) is 0 Å². The number of methoxy groups -OCH3 is 1. The number of nitrogens with two attached hydrogens (primary N) is 1. The van der Waals surface area contributed by atoms with Gasteiger partial charge < -0.3 is 15.2 Å². The smallest absolute Gasteiger partial charge is 0.324 e. The summed E-state index contributed by atoms with van der Waals surface area (Å²) in [7, 11) is -2.90. The van der Waals surface area contributed by atoms with Gasteiger partial charge in [-0.25, -0.2) is 8.42 Å². The number of nitrogens with zero attached hydrogens (tertiary/aromatic N) is 3. The van der Waals surface area contributed by atoms with Gasteiger partial charge in [0.25, 0.3) is 5.16 Å². The van der Waals surface area contributed by atoms with E-state index in [1.165, 1.54) is 11.5 Å². The molecular formula is C14H24N4O5S. The van der Waals surface area contributed by atoms with Gasteiger partial charge in [-0.05, 0) is 26.2 Å². The predicted molar refractivity (Wildman–Crippen MR) is 84.9 cm³/mol. The Hall–Kier alpha value is -1.52. The summed E-state index contributed by atoms with van der Waals surface area (Å²) in [5, 5.41) is 6.14. The SMILES string of the molecule is CCC(N)c1nnc(S(=O)(=O)C(C)C(=O)OC)n1CC1CCCO1. The van der Waals surface area contributed by atoms with Crippen molar-refractivity contribution in [3.05, 3.63) is 5.82 Å². The lowest BCUT2D eigenvalue weighted by Gasteiger charge is -2.18. The van der Waals surface area contributed by atoms with Crippen LogP contribution in [0, 0.1) is 0 Å². The predicted octanol–water partition coefficient (Wildman–Crippen LogP) is 0.202. The molecule has 0 bridgehead atoms. The lowest BCUT2D eigenvalue weighted by atomic mass is 10.2. The number of ether oxygens (including phenoxy) is 2. The Labute approximate surface area is 141 Å². The number of carbonyl (C=O) groups is 1. The normalized spacial score (nSPS) is 20.8. The fourth-order valence-electron chi connectivity index (χ4n) is 2.58. The second-order valence-electron chi connectivity index (χ2n) is 5.81. The molecule has 1 saturated heterocycles. The zero-order chi connectivity index (χ0) is 17.9. The van der Waals surface area contributed by atoms with E-state index in [1.54, 1.807) is 0 Å². The third kappa shape index (κ3) is 3.60. The van der Waals surface area contributed by atoms with Crippen LogP contribution in [-0.2, 0) is 30.7 Å². The van der Waals surface area contributed by atoms with Crippen LogP contribution < -0.4 is 5.73 Å². The second kappa shape index (κ2) is 7.58. The topological polar surface area (TPSA) is 126 Å². The van der Waals surface area contributed by atoms with Crippen LogP contribution in [0.2, 0.25) is 0 Å². The quantitative estimate of drug-likeness (QED) is 0.683. The first-order valence-corrected chi connectivity index (χ1v) is 9.49. The molecule has 10 heteroatoms. The maximum Gasteiger partial charge on any atom is 0.324 e. The van der Waals surface area contributed by atoms with Crippen molar-refractivity contribution < 1.29 is 22.7 Å². The zero-order valence-electron chi connectivity index (χ0n) is 14.1. The number of sulfone groups is 1. The summed E-state index contributed by atoms with van der Waals surface area (Å²) in [5.74, 6) is -0.466. The molecule has 0 spiro atoms. The van der Waals surface area contributed by atoms with Crippen molar-refractivity contribution in [3.8, 4) is 0 Å². The van der Waals surface area contributed by atoms with Crippen molar-refractivity contribution in [1.82, 2.24) is 14.8 Å². The molecule has 1 aliphatic heterocycles. The molecule has 0 radical (unpaired) electrons. The van der Waals surface area contributed by atoms with Crippen molar-refractivity contribution in [2.24, 2.45) is 5.73 Å². The summed E-state index contributed by atoms with van der Waals surface area (Å²) < 4.78 is 37.1. The van der Waals surface area contributed by atoms with Gasteiger partial charge in [0, 0.05) is 6.61 Å². The summed E-state index contributed by atoms with van der Waals surface area (Å²) in [5.41, 5.74) is 6.04. The minimum Gasteiger partial charge on any atom is -0.468 e. The Morgan fingerprint density at radius 1 is 1.50 bits per heavy atom. The maximum atomic E-state index is 12.7. The van der Waals surface area contributed by atoms with E-state index in [-0.39, 0.29) is 11.3 Å². The number of hydrogen-bond acceptors (Lipinski definition) is 8. The van der Waals surface area contributed by atoms with Crippen molar-refractivity contribution in [1.29, 1.82) is 0 Å². The van der Waals surface area contributed by atoms with Crippen LogP contribution in [0.15, 0.2) is 5.16 Å². The Morgan fingerprint density at radius 3 is 2.75 bits per heavy atom. The molecule has 2 heterocycles. The molecule has 0 amide bonds. The van der Waals surface area contributed by atoms with E-state index in [2.05, 4.69) is 14.9 Å². The summed E-state index contributed by atoms with van der Waals surface area (Å²) in [6.45, 7) is 4.08. The van der Waals surface area contributed by atoms with Crippen LogP contribution in [0.4, 0.5) is 0 Å². The number of hydrogen-bond donors (Lipinski definition) is 1. The fraction of sp³-hybridized carbons (Fsp3) is 0.786. The Kier molecular flexibility index (Phi) is 5.94. The minimum atomic E-state index is -4.04. The third-order valence-electron chi connectivity index (χ3n) is 4.18. The molecule has 2 rings (SSSR count). The molecule has 0 saturated carbocycles. The zero-order valence-corrected chi connectivity index (χ0v) is 15.0. The van der Waals surface area contributed by atoms with Gasteiger partial charge in [-0.1, -0.05) is 6.92 Å². The molecule has 0 aromatic carbocycles.